The van der Waals surface area contributed by atoms with Gasteiger partial charge in [-0.3, -0.25) is 14.9 Å². The maximum atomic E-state index is 12.7. The van der Waals surface area contributed by atoms with Gasteiger partial charge in [-0.2, -0.15) is 0 Å². The third kappa shape index (κ3) is 3.68. The summed E-state index contributed by atoms with van der Waals surface area (Å²) in [5.41, 5.74) is 0.0453. The summed E-state index contributed by atoms with van der Waals surface area (Å²) in [7, 11) is 0. The first kappa shape index (κ1) is 18.0. The van der Waals surface area contributed by atoms with Gasteiger partial charge in [0.15, 0.2) is 11.5 Å². The number of nitro benzene ring substituents is 1. The number of nitrogens with one attached hydrogen (secondary N) is 1. The summed E-state index contributed by atoms with van der Waals surface area (Å²) in [6.07, 6.45) is 5.09. The van der Waals surface area contributed by atoms with E-state index < -0.39 is 10.8 Å². The van der Waals surface area contributed by atoms with Crippen LogP contribution in [0.15, 0.2) is 30.5 Å². The molecule has 2 aliphatic rings. The molecule has 1 aromatic carbocycles. The molecule has 1 fully saturated rings. The van der Waals surface area contributed by atoms with E-state index in [1.54, 1.807) is 12.3 Å². The van der Waals surface area contributed by atoms with Crippen molar-refractivity contribution >= 4 is 23.1 Å². The van der Waals surface area contributed by atoms with Crippen molar-refractivity contribution in [2.75, 3.05) is 36.5 Å². The first-order valence-corrected chi connectivity index (χ1v) is 9.22. The van der Waals surface area contributed by atoms with Gasteiger partial charge in [0.05, 0.1) is 22.9 Å². The van der Waals surface area contributed by atoms with Gasteiger partial charge in [0, 0.05) is 19.2 Å². The van der Waals surface area contributed by atoms with Gasteiger partial charge in [-0.05, 0) is 31.4 Å². The summed E-state index contributed by atoms with van der Waals surface area (Å²) in [6, 6.07) is 6.16. The van der Waals surface area contributed by atoms with Crippen molar-refractivity contribution in [3.63, 3.8) is 0 Å². The molecule has 3 heterocycles. The molecule has 146 valence electrons. The van der Waals surface area contributed by atoms with Crippen LogP contribution in [0.1, 0.15) is 29.6 Å². The maximum Gasteiger partial charge on any atom is 0.286 e. The summed E-state index contributed by atoms with van der Waals surface area (Å²) in [5.74, 6) is 0.849. The number of hydrogen-bond acceptors (Lipinski definition) is 7. The average molecular weight is 384 g/mol. The highest BCUT2D eigenvalue weighted by Gasteiger charge is 2.26. The van der Waals surface area contributed by atoms with E-state index in [4.69, 9.17) is 9.47 Å². The highest BCUT2D eigenvalue weighted by atomic mass is 16.6. The number of amides is 1. The molecule has 4 rings (SSSR count). The number of ether oxygens (including phenoxy) is 2. The third-order valence-corrected chi connectivity index (χ3v) is 4.79. The fourth-order valence-electron chi connectivity index (χ4n) is 3.38. The lowest BCUT2D eigenvalue weighted by atomic mass is 10.1. The second-order valence-electron chi connectivity index (χ2n) is 6.68. The van der Waals surface area contributed by atoms with Crippen LogP contribution in [0, 0.1) is 10.1 Å². The van der Waals surface area contributed by atoms with E-state index in [9.17, 15) is 14.9 Å². The number of aromatic nitrogens is 1. The van der Waals surface area contributed by atoms with Gasteiger partial charge >= 0.3 is 0 Å². The van der Waals surface area contributed by atoms with Gasteiger partial charge in [0.1, 0.15) is 24.6 Å². The molecule has 1 saturated heterocycles. The molecule has 0 spiro atoms. The van der Waals surface area contributed by atoms with E-state index in [2.05, 4.69) is 15.2 Å². The summed E-state index contributed by atoms with van der Waals surface area (Å²) in [5, 5.41) is 14.1. The predicted molar refractivity (Wildman–Crippen MR) is 102 cm³/mol. The summed E-state index contributed by atoms with van der Waals surface area (Å²) < 4.78 is 10.8. The van der Waals surface area contributed by atoms with Crippen molar-refractivity contribution < 1.29 is 19.2 Å². The fraction of sp³-hybridized carbons (Fsp3) is 0.368. The van der Waals surface area contributed by atoms with Gasteiger partial charge in [-0.15, -0.1) is 0 Å². The average Bonchev–Trinajstić information content (AvgIpc) is 2.74. The van der Waals surface area contributed by atoms with E-state index in [1.165, 1.54) is 18.6 Å². The molecule has 0 aliphatic carbocycles. The topological polar surface area (TPSA) is 107 Å². The number of fused-ring (bicyclic) bond motifs is 1. The van der Waals surface area contributed by atoms with Crippen LogP contribution in [0.2, 0.25) is 0 Å². The Hall–Kier alpha value is -3.36. The van der Waals surface area contributed by atoms with Gasteiger partial charge in [-0.1, -0.05) is 0 Å². The number of nitrogens with zero attached hydrogens (tertiary/aromatic N) is 3. The third-order valence-electron chi connectivity index (χ3n) is 4.79. The summed E-state index contributed by atoms with van der Waals surface area (Å²) >= 11 is 0. The number of anilines is 2. The molecule has 1 amide bonds. The molecule has 0 saturated carbocycles. The lowest BCUT2D eigenvalue weighted by molar-refractivity contribution is -0.385. The smallest absolute Gasteiger partial charge is 0.286 e. The van der Waals surface area contributed by atoms with Gasteiger partial charge in [-0.25, -0.2) is 4.98 Å². The van der Waals surface area contributed by atoms with E-state index in [1.807, 2.05) is 6.07 Å². The Labute approximate surface area is 161 Å². The predicted octanol–water partition coefficient (Wildman–Crippen LogP) is 3.00. The molecule has 9 heteroatoms. The van der Waals surface area contributed by atoms with Crippen LogP contribution in [0.3, 0.4) is 0 Å². The standard InChI is InChI=1S/C19H20N4O5/c24-19(14-10-16-17(28-9-8-27-16)11-15(14)23(25)26)21-13-4-5-18(20-12-13)22-6-2-1-3-7-22/h4-5,10-12H,1-3,6-9H2,(H,21,24). The molecular weight excluding hydrogens is 364 g/mol. The van der Waals surface area contributed by atoms with Crippen molar-refractivity contribution in [2.24, 2.45) is 0 Å². The van der Waals surface area contributed by atoms with Crippen LogP contribution < -0.4 is 19.7 Å². The van der Waals surface area contributed by atoms with Crippen LogP contribution in [-0.2, 0) is 0 Å². The Bertz CT molecular complexity index is 894. The number of nitro groups is 1. The Kier molecular flexibility index (Phi) is 4.96. The monoisotopic (exact) mass is 384 g/mol. The van der Waals surface area contributed by atoms with Crippen LogP contribution >= 0.6 is 0 Å². The molecule has 0 unspecified atom stereocenters. The Morgan fingerprint density at radius 1 is 1.11 bits per heavy atom. The molecule has 1 N–H and O–H groups in total. The zero-order valence-electron chi connectivity index (χ0n) is 15.2. The van der Waals surface area contributed by atoms with E-state index in [0.29, 0.717) is 24.7 Å². The number of carbonyl (C=O) groups excluding carboxylic acids is 1. The minimum Gasteiger partial charge on any atom is -0.486 e. The number of piperidine rings is 1. The van der Waals surface area contributed by atoms with Crippen LogP contribution in [0.5, 0.6) is 11.5 Å². The van der Waals surface area contributed by atoms with Crippen molar-refractivity contribution in [3.05, 3.63) is 46.1 Å². The lowest BCUT2D eigenvalue weighted by Gasteiger charge is -2.27. The second-order valence-corrected chi connectivity index (χ2v) is 6.68. The van der Waals surface area contributed by atoms with Crippen molar-refractivity contribution in [1.29, 1.82) is 0 Å². The first-order valence-electron chi connectivity index (χ1n) is 9.22. The van der Waals surface area contributed by atoms with Crippen molar-refractivity contribution in [3.8, 4) is 11.5 Å². The highest BCUT2D eigenvalue weighted by molar-refractivity contribution is 6.07. The van der Waals surface area contributed by atoms with E-state index in [-0.39, 0.29) is 17.0 Å². The molecule has 2 aliphatic heterocycles. The minimum absolute atomic E-state index is 0.0886. The number of pyridine rings is 1. The van der Waals surface area contributed by atoms with Gasteiger partial charge in [0.2, 0.25) is 0 Å². The van der Waals surface area contributed by atoms with Crippen LogP contribution in [-0.4, -0.2) is 42.1 Å². The van der Waals surface area contributed by atoms with Gasteiger partial charge in [0.25, 0.3) is 11.6 Å². The van der Waals surface area contributed by atoms with E-state index >= 15 is 0 Å². The molecule has 0 radical (unpaired) electrons. The maximum absolute atomic E-state index is 12.7. The van der Waals surface area contributed by atoms with Crippen molar-refractivity contribution in [1.82, 2.24) is 4.98 Å². The molecule has 1 aromatic heterocycles. The number of rotatable bonds is 4. The minimum atomic E-state index is -0.606. The fourth-order valence-corrected chi connectivity index (χ4v) is 3.38. The SMILES string of the molecule is O=C(Nc1ccc(N2CCCCC2)nc1)c1cc2c(cc1[N+](=O)[O-])OCCO2. The van der Waals surface area contributed by atoms with Crippen LogP contribution in [0.4, 0.5) is 17.2 Å². The first-order chi connectivity index (χ1) is 13.6. The zero-order valence-corrected chi connectivity index (χ0v) is 15.2. The molecule has 2 aromatic rings. The Balaban J connectivity index is 1.54. The molecule has 0 atom stereocenters. The highest BCUT2D eigenvalue weighted by Crippen LogP contribution is 2.36. The number of carbonyl (C=O) groups is 1. The molecule has 28 heavy (non-hydrogen) atoms. The molecular formula is C19H20N4O5. The summed E-state index contributed by atoms with van der Waals surface area (Å²) in [4.78, 5) is 30.1. The quantitative estimate of drug-likeness (QED) is 0.638. The Morgan fingerprint density at radius 3 is 2.46 bits per heavy atom. The largest absolute Gasteiger partial charge is 0.486 e. The number of hydrogen-bond donors (Lipinski definition) is 1. The number of benzene rings is 1. The summed E-state index contributed by atoms with van der Waals surface area (Å²) in [6.45, 7) is 2.59. The molecule has 0 bridgehead atoms. The lowest BCUT2D eigenvalue weighted by Crippen LogP contribution is -2.30. The Morgan fingerprint density at radius 2 is 1.82 bits per heavy atom. The van der Waals surface area contributed by atoms with Crippen molar-refractivity contribution in [2.45, 2.75) is 19.3 Å². The zero-order chi connectivity index (χ0) is 19.5. The normalized spacial score (nSPS) is 15.8. The van der Waals surface area contributed by atoms with Crippen LogP contribution in [0.25, 0.3) is 0 Å². The van der Waals surface area contributed by atoms with E-state index in [0.717, 1.165) is 31.7 Å². The second kappa shape index (κ2) is 7.71. The van der Waals surface area contributed by atoms with Gasteiger partial charge < -0.3 is 19.7 Å². The molecule has 9 nitrogen and oxygen atoms in total.